The molecule has 0 unspecified atom stereocenters. The molecule has 0 radical (unpaired) electrons. The molecule has 2 saturated carbocycles. The van der Waals surface area contributed by atoms with Gasteiger partial charge in [-0.2, -0.15) is 10.2 Å². The monoisotopic (exact) mass is 526 g/mol. The Morgan fingerprint density at radius 1 is 1.08 bits per heavy atom. The van der Waals surface area contributed by atoms with Crippen molar-refractivity contribution in [1.29, 1.82) is 0 Å². The summed E-state index contributed by atoms with van der Waals surface area (Å²) >= 11 is 0. The molecule has 1 aromatic carbocycles. The molecule has 4 aromatic rings. The lowest BCUT2D eigenvalue weighted by atomic mass is 9.49. The zero-order chi connectivity index (χ0) is 26.4. The van der Waals surface area contributed by atoms with Gasteiger partial charge in [0.05, 0.1) is 41.6 Å². The van der Waals surface area contributed by atoms with Crippen LogP contribution in [0.25, 0.3) is 16.3 Å². The van der Waals surface area contributed by atoms with Gasteiger partial charge in [0, 0.05) is 36.6 Å². The van der Waals surface area contributed by atoms with Gasteiger partial charge in [-0.1, -0.05) is 24.3 Å². The van der Waals surface area contributed by atoms with Crippen molar-refractivity contribution in [3.05, 3.63) is 76.0 Å². The highest BCUT2D eigenvalue weighted by atomic mass is 16.5. The number of benzene rings is 1. The van der Waals surface area contributed by atoms with E-state index in [1.165, 1.54) is 5.56 Å². The average molecular weight is 527 g/mol. The summed E-state index contributed by atoms with van der Waals surface area (Å²) in [4.78, 5) is 27.7. The number of amides is 1. The van der Waals surface area contributed by atoms with Crippen LogP contribution in [0.4, 0.5) is 0 Å². The lowest BCUT2D eigenvalue weighted by Gasteiger charge is -2.57. The van der Waals surface area contributed by atoms with Gasteiger partial charge in [-0.25, -0.2) is 9.61 Å². The number of carbonyl (C=O) groups is 1. The van der Waals surface area contributed by atoms with Crippen molar-refractivity contribution >= 4 is 22.2 Å². The molecule has 2 N–H and O–H groups in total. The number of rotatable bonds is 7. The van der Waals surface area contributed by atoms with Crippen LogP contribution in [-0.4, -0.2) is 69.5 Å². The van der Waals surface area contributed by atoms with Gasteiger partial charge in [-0.15, -0.1) is 0 Å². The summed E-state index contributed by atoms with van der Waals surface area (Å²) in [5, 5.41) is 16.5. The molecule has 1 spiro atoms. The van der Waals surface area contributed by atoms with Crippen LogP contribution in [0.2, 0.25) is 0 Å². The van der Waals surface area contributed by atoms with Gasteiger partial charge in [0.2, 0.25) is 0 Å². The van der Waals surface area contributed by atoms with Crippen molar-refractivity contribution in [3.63, 3.8) is 0 Å². The van der Waals surface area contributed by atoms with Crippen molar-refractivity contribution in [3.8, 4) is 0 Å². The SMILES string of the molecule is O=C(NC1CC2(C1)CC(c1n[nH]c(=O)c3ccccc13)C2)c1cnn2cc(CCCN3CCOCC3)ccc12. The highest BCUT2D eigenvalue weighted by molar-refractivity contribution is 6.00. The lowest BCUT2D eigenvalue weighted by Crippen LogP contribution is -2.55. The molecular formula is C30H34N6O3. The third-order valence-electron chi connectivity index (χ3n) is 9.03. The predicted octanol–water partition coefficient (Wildman–Crippen LogP) is 3.29. The van der Waals surface area contributed by atoms with E-state index in [1.54, 1.807) is 6.20 Å². The molecule has 39 heavy (non-hydrogen) atoms. The Morgan fingerprint density at radius 2 is 1.87 bits per heavy atom. The second-order valence-electron chi connectivity index (χ2n) is 11.7. The number of hydrogen-bond donors (Lipinski definition) is 2. The van der Waals surface area contributed by atoms with Crippen LogP contribution >= 0.6 is 0 Å². The number of fused-ring (bicyclic) bond motifs is 2. The van der Waals surface area contributed by atoms with Crippen LogP contribution in [0.3, 0.4) is 0 Å². The first-order valence-electron chi connectivity index (χ1n) is 14.1. The molecule has 1 amide bonds. The Balaban J connectivity index is 0.929. The van der Waals surface area contributed by atoms with Gasteiger partial charge >= 0.3 is 0 Å². The maximum atomic E-state index is 13.1. The predicted molar refractivity (Wildman–Crippen MR) is 148 cm³/mol. The molecule has 1 saturated heterocycles. The number of aromatic nitrogens is 4. The Labute approximate surface area is 226 Å². The molecule has 0 bridgehead atoms. The average Bonchev–Trinajstić information content (AvgIpc) is 3.34. The van der Waals surface area contributed by atoms with Crippen LogP contribution in [0.15, 0.2) is 53.6 Å². The second kappa shape index (κ2) is 9.88. The molecule has 3 aliphatic rings. The third-order valence-corrected chi connectivity index (χ3v) is 9.03. The normalized spacial score (nSPS) is 25.0. The van der Waals surface area contributed by atoms with Crippen LogP contribution in [0.5, 0.6) is 0 Å². The zero-order valence-electron chi connectivity index (χ0n) is 22.1. The Hall–Kier alpha value is -3.56. The minimum absolute atomic E-state index is 0.0471. The minimum atomic E-state index is -0.137. The number of morpholine rings is 1. The van der Waals surface area contributed by atoms with Gasteiger partial charge in [-0.05, 0) is 68.2 Å². The van der Waals surface area contributed by atoms with E-state index in [0.29, 0.717) is 16.9 Å². The molecule has 7 rings (SSSR count). The molecule has 3 fully saturated rings. The molecule has 2 aliphatic carbocycles. The smallest absolute Gasteiger partial charge is 0.272 e. The van der Waals surface area contributed by atoms with Crippen LogP contribution in [0.1, 0.15) is 59.6 Å². The quantitative estimate of drug-likeness (QED) is 0.383. The zero-order valence-corrected chi connectivity index (χ0v) is 22.1. The van der Waals surface area contributed by atoms with E-state index in [9.17, 15) is 9.59 Å². The fourth-order valence-corrected chi connectivity index (χ4v) is 6.99. The highest BCUT2D eigenvalue weighted by Gasteiger charge is 2.54. The first-order valence-corrected chi connectivity index (χ1v) is 14.1. The summed E-state index contributed by atoms with van der Waals surface area (Å²) in [7, 11) is 0. The molecule has 202 valence electrons. The number of ether oxygens (including phenoxy) is 1. The van der Waals surface area contributed by atoms with E-state index in [0.717, 1.165) is 88.0 Å². The number of carbonyl (C=O) groups excluding carboxylic acids is 1. The van der Waals surface area contributed by atoms with Crippen molar-refractivity contribution in [1.82, 2.24) is 30.0 Å². The summed E-state index contributed by atoms with van der Waals surface area (Å²) in [6.07, 6.45) is 9.89. The largest absolute Gasteiger partial charge is 0.379 e. The van der Waals surface area contributed by atoms with Crippen molar-refractivity contribution in [2.45, 2.75) is 50.5 Å². The fourth-order valence-electron chi connectivity index (χ4n) is 6.99. The summed E-state index contributed by atoms with van der Waals surface area (Å²) < 4.78 is 7.26. The maximum absolute atomic E-state index is 13.1. The van der Waals surface area contributed by atoms with E-state index in [-0.39, 0.29) is 22.9 Å². The number of aryl methyl sites for hydroxylation is 1. The first-order chi connectivity index (χ1) is 19.1. The first kappa shape index (κ1) is 24.5. The van der Waals surface area contributed by atoms with Gasteiger partial charge in [0.25, 0.3) is 11.5 Å². The van der Waals surface area contributed by atoms with Gasteiger partial charge in [0.1, 0.15) is 0 Å². The maximum Gasteiger partial charge on any atom is 0.272 e. The van der Waals surface area contributed by atoms with Crippen molar-refractivity contribution in [2.75, 3.05) is 32.8 Å². The summed E-state index contributed by atoms with van der Waals surface area (Å²) in [5.41, 5.74) is 3.84. The number of pyridine rings is 1. The summed E-state index contributed by atoms with van der Waals surface area (Å²) in [5.74, 6) is 0.306. The van der Waals surface area contributed by atoms with E-state index < -0.39 is 0 Å². The van der Waals surface area contributed by atoms with Crippen molar-refractivity contribution in [2.24, 2.45) is 5.41 Å². The van der Waals surface area contributed by atoms with Gasteiger partial charge in [-0.3, -0.25) is 14.5 Å². The summed E-state index contributed by atoms with van der Waals surface area (Å²) in [6, 6.07) is 12.0. The third kappa shape index (κ3) is 4.63. The Morgan fingerprint density at radius 3 is 2.69 bits per heavy atom. The number of nitrogens with zero attached hydrogens (tertiary/aromatic N) is 4. The van der Waals surface area contributed by atoms with E-state index in [1.807, 2.05) is 41.0 Å². The Kier molecular flexibility index (Phi) is 6.20. The number of nitrogens with one attached hydrogen (secondary N) is 2. The molecule has 4 heterocycles. The molecule has 9 nitrogen and oxygen atoms in total. The Bertz CT molecular complexity index is 1570. The summed E-state index contributed by atoms with van der Waals surface area (Å²) in [6.45, 7) is 4.78. The highest BCUT2D eigenvalue weighted by Crippen LogP contribution is 2.62. The van der Waals surface area contributed by atoms with Crippen LogP contribution < -0.4 is 10.9 Å². The standard InChI is InChI=1S/C30H34N6O3/c37-28(25-18-31-36-19-20(7-8-26(25)36)4-3-9-35-10-12-39-13-11-35)32-22-16-30(17-22)14-21(15-30)27-23-5-1-2-6-24(23)29(38)34-33-27/h1-2,5-8,18-19,21-22H,3-4,9-17H2,(H,32,37)(H,34,38). The van der Waals surface area contributed by atoms with Crippen molar-refractivity contribution < 1.29 is 9.53 Å². The molecular weight excluding hydrogens is 492 g/mol. The molecule has 0 atom stereocenters. The van der Waals surface area contributed by atoms with Crippen LogP contribution in [0, 0.1) is 5.41 Å². The number of aromatic amines is 1. The van der Waals surface area contributed by atoms with E-state index in [4.69, 9.17) is 4.74 Å². The fraction of sp³-hybridized carbons (Fsp3) is 0.467. The van der Waals surface area contributed by atoms with E-state index in [2.05, 4.69) is 31.6 Å². The number of H-pyrrole nitrogens is 1. The lowest BCUT2D eigenvalue weighted by molar-refractivity contribution is -0.0196. The van der Waals surface area contributed by atoms with E-state index >= 15 is 0 Å². The number of hydrogen-bond acceptors (Lipinski definition) is 6. The molecule has 3 aromatic heterocycles. The van der Waals surface area contributed by atoms with Crippen LogP contribution in [-0.2, 0) is 11.2 Å². The van der Waals surface area contributed by atoms with Gasteiger partial charge in [0.15, 0.2) is 0 Å². The minimum Gasteiger partial charge on any atom is -0.379 e. The van der Waals surface area contributed by atoms with Gasteiger partial charge < -0.3 is 10.1 Å². The topological polar surface area (TPSA) is 105 Å². The second-order valence-corrected chi connectivity index (χ2v) is 11.7. The molecule has 9 heteroatoms. The molecule has 1 aliphatic heterocycles.